The van der Waals surface area contributed by atoms with E-state index in [0.717, 1.165) is 0 Å². The maximum atomic E-state index is 12.0. The maximum absolute atomic E-state index is 12.0. The summed E-state index contributed by atoms with van der Waals surface area (Å²) in [7, 11) is 3.07. The van der Waals surface area contributed by atoms with Crippen molar-refractivity contribution in [2.45, 2.75) is 19.5 Å². The van der Waals surface area contributed by atoms with Crippen molar-refractivity contribution >= 4 is 11.8 Å². The summed E-state index contributed by atoms with van der Waals surface area (Å²) in [5, 5.41) is 2.74. The second-order valence-corrected chi connectivity index (χ2v) is 5.12. The number of amides is 2. The molecule has 2 amide bonds. The molecule has 0 bridgehead atoms. The standard InChI is InChI=1S/C14H22N4O4/c1-10-13-16-11(14(20)15-4-7-21-2)8-17(13)5-6-18(10)12(19)9-22-3/h8,10H,4-7,9H2,1-3H3,(H,15,20). The summed E-state index contributed by atoms with van der Waals surface area (Å²) in [6, 6.07) is -0.183. The molecule has 1 unspecified atom stereocenters. The highest BCUT2D eigenvalue weighted by molar-refractivity contribution is 5.92. The van der Waals surface area contributed by atoms with Crippen molar-refractivity contribution in [2.24, 2.45) is 0 Å². The number of fused-ring (bicyclic) bond motifs is 1. The Balaban J connectivity index is 2.08. The smallest absolute Gasteiger partial charge is 0.271 e. The minimum Gasteiger partial charge on any atom is -0.383 e. The molecule has 1 aromatic rings. The summed E-state index contributed by atoms with van der Waals surface area (Å²) in [4.78, 5) is 30.1. The van der Waals surface area contributed by atoms with Gasteiger partial charge >= 0.3 is 0 Å². The summed E-state index contributed by atoms with van der Waals surface area (Å²) in [6.45, 7) is 4.04. The van der Waals surface area contributed by atoms with Crippen molar-refractivity contribution < 1.29 is 19.1 Å². The van der Waals surface area contributed by atoms with E-state index in [-0.39, 0.29) is 24.5 Å². The van der Waals surface area contributed by atoms with Crippen molar-refractivity contribution in [1.29, 1.82) is 0 Å². The number of methoxy groups -OCH3 is 2. The van der Waals surface area contributed by atoms with Crippen LogP contribution >= 0.6 is 0 Å². The Morgan fingerprint density at radius 2 is 2.14 bits per heavy atom. The fourth-order valence-corrected chi connectivity index (χ4v) is 2.50. The fraction of sp³-hybridized carbons (Fsp3) is 0.643. The highest BCUT2D eigenvalue weighted by Crippen LogP contribution is 2.24. The number of nitrogens with zero attached hydrogens (tertiary/aromatic N) is 3. The van der Waals surface area contributed by atoms with Gasteiger partial charge in [0.1, 0.15) is 18.1 Å². The number of imidazole rings is 1. The van der Waals surface area contributed by atoms with Crippen molar-refractivity contribution in [3.05, 3.63) is 17.7 Å². The largest absolute Gasteiger partial charge is 0.383 e. The lowest BCUT2D eigenvalue weighted by Gasteiger charge is -2.33. The molecule has 2 rings (SSSR count). The molecule has 0 saturated carbocycles. The van der Waals surface area contributed by atoms with Gasteiger partial charge in [0.2, 0.25) is 5.91 Å². The van der Waals surface area contributed by atoms with Gasteiger partial charge in [-0.1, -0.05) is 0 Å². The van der Waals surface area contributed by atoms with Crippen LogP contribution in [0, 0.1) is 0 Å². The lowest BCUT2D eigenvalue weighted by atomic mass is 10.2. The molecule has 22 heavy (non-hydrogen) atoms. The molecule has 8 heteroatoms. The lowest BCUT2D eigenvalue weighted by molar-refractivity contribution is -0.138. The lowest BCUT2D eigenvalue weighted by Crippen LogP contribution is -2.42. The van der Waals surface area contributed by atoms with Crippen molar-refractivity contribution in [3.8, 4) is 0 Å². The molecule has 0 aromatic carbocycles. The van der Waals surface area contributed by atoms with Gasteiger partial charge in [0.25, 0.3) is 5.91 Å². The molecule has 0 spiro atoms. The van der Waals surface area contributed by atoms with Gasteiger partial charge in [-0.3, -0.25) is 9.59 Å². The first-order valence-electron chi connectivity index (χ1n) is 7.21. The molecule has 1 aromatic heterocycles. The monoisotopic (exact) mass is 310 g/mol. The van der Waals surface area contributed by atoms with Crippen LogP contribution in [0.1, 0.15) is 29.3 Å². The first kappa shape index (κ1) is 16.4. The Labute approximate surface area is 129 Å². The molecule has 1 aliphatic rings. The molecule has 2 heterocycles. The average molecular weight is 310 g/mol. The minimum absolute atomic E-state index is 0.0510. The topological polar surface area (TPSA) is 85.7 Å². The molecule has 8 nitrogen and oxygen atoms in total. The van der Waals surface area contributed by atoms with Crippen LogP contribution in [0.3, 0.4) is 0 Å². The van der Waals surface area contributed by atoms with Crippen LogP contribution in [-0.2, 0) is 20.8 Å². The average Bonchev–Trinajstić information content (AvgIpc) is 2.93. The number of aromatic nitrogens is 2. The summed E-state index contributed by atoms with van der Waals surface area (Å²) < 4.78 is 11.7. The first-order valence-corrected chi connectivity index (χ1v) is 7.21. The van der Waals surface area contributed by atoms with E-state index >= 15 is 0 Å². The Hall–Kier alpha value is -1.93. The van der Waals surface area contributed by atoms with Crippen molar-refractivity contribution in [2.75, 3.05) is 40.5 Å². The van der Waals surface area contributed by atoms with Gasteiger partial charge in [-0.2, -0.15) is 0 Å². The minimum atomic E-state index is -0.235. The van der Waals surface area contributed by atoms with Gasteiger partial charge in [-0.15, -0.1) is 0 Å². The molecule has 0 saturated heterocycles. The highest BCUT2D eigenvalue weighted by atomic mass is 16.5. The van der Waals surface area contributed by atoms with E-state index in [1.165, 1.54) is 7.11 Å². The Bertz CT molecular complexity index is 543. The van der Waals surface area contributed by atoms with Crippen LogP contribution in [0.25, 0.3) is 0 Å². The third kappa shape index (κ3) is 3.45. The number of nitrogens with one attached hydrogen (secondary N) is 1. The van der Waals surface area contributed by atoms with E-state index in [2.05, 4.69) is 10.3 Å². The number of ether oxygens (including phenoxy) is 2. The van der Waals surface area contributed by atoms with Gasteiger partial charge in [-0.05, 0) is 6.92 Å². The van der Waals surface area contributed by atoms with Crippen molar-refractivity contribution in [1.82, 2.24) is 19.8 Å². The number of hydrogen-bond donors (Lipinski definition) is 1. The van der Waals surface area contributed by atoms with E-state index < -0.39 is 0 Å². The van der Waals surface area contributed by atoms with E-state index in [1.807, 2.05) is 11.5 Å². The number of carbonyl (C=O) groups excluding carboxylic acids is 2. The molecular formula is C14H22N4O4. The zero-order valence-corrected chi connectivity index (χ0v) is 13.2. The van der Waals surface area contributed by atoms with Gasteiger partial charge < -0.3 is 24.3 Å². The highest BCUT2D eigenvalue weighted by Gasteiger charge is 2.30. The maximum Gasteiger partial charge on any atom is 0.271 e. The van der Waals surface area contributed by atoms with Gasteiger partial charge in [0.15, 0.2) is 0 Å². The summed E-state index contributed by atoms with van der Waals surface area (Å²) >= 11 is 0. The molecule has 122 valence electrons. The number of hydrogen-bond acceptors (Lipinski definition) is 5. The Kier molecular flexibility index (Phi) is 5.51. The fourth-order valence-electron chi connectivity index (χ4n) is 2.50. The molecule has 0 fully saturated rings. The zero-order valence-electron chi connectivity index (χ0n) is 13.2. The number of rotatable bonds is 6. The van der Waals surface area contributed by atoms with Crippen LogP contribution < -0.4 is 5.32 Å². The van der Waals surface area contributed by atoms with Crippen LogP contribution in [0.2, 0.25) is 0 Å². The number of carbonyl (C=O) groups is 2. The van der Waals surface area contributed by atoms with E-state index in [9.17, 15) is 9.59 Å². The quantitative estimate of drug-likeness (QED) is 0.736. The molecule has 0 aliphatic carbocycles. The summed E-state index contributed by atoms with van der Waals surface area (Å²) in [5.41, 5.74) is 0.360. The van der Waals surface area contributed by atoms with Crippen LogP contribution in [-0.4, -0.2) is 66.8 Å². The molecule has 1 atom stereocenters. The Morgan fingerprint density at radius 1 is 1.36 bits per heavy atom. The van der Waals surface area contributed by atoms with Gasteiger partial charge in [0.05, 0.1) is 12.6 Å². The predicted octanol–water partition coefficient (Wildman–Crippen LogP) is -0.191. The zero-order chi connectivity index (χ0) is 16.1. The predicted molar refractivity (Wildman–Crippen MR) is 78.4 cm³/mol. The van der Waals surface area contributed by atoms with E-state index in [4.69, 9.17) is 9.47 Å². The van der Waals surface area contributed by atoms with Crippen molar-refractivity contribution in [3.63, 3.8) is 0 Å². The molecule has 1 aliphatic heterocycles. The van der Waals surface area contributed by atoms with Crippen LogP contribution in [0.4, 0.5) is 0 Å². The van der Waals surface area contributed by atoms with Gasteiger partial charge in [-0.25, -0.2) is 4.98 Å². The van der Waals surface area contributed by atoms with E-state index in [0.29, 0.717) is 37.8 Å². The molecular weight excluding hydrogens is 288 g/mol. The molecule has 1 N–H and O–H groups in total. The van der Waals surface area contributed by atoms with Crippen LogP contribution in [0.5, 0.6) is 0 Å². The Morgan fingerprint density at radius 3 is 2.82 bits per heavy atom. The third-order valence-corrected chi connectivity index (χ3v) is 3.64. The van der Waals surface area contributed by atoms with E-state index in [1.54, 1.807) is 18.2 Å². The SMILES string of the molecule is COCCNC(=O)c1cn2c(n1)C(C)N(C(=O)COC)CC2. The normalized spacial score (nSPS) is 17.2. The second-order valence-electron chi connectivity index (χ2n) is 5.12. The second kappa shape index (κ2) is 7.37. The summed E-state index contributed by atoms with van der Waals surface area (Å²) in [6.07, 6.45) is 1.73. The first-order chi connectivity index (χ1) is 10.6. The molecule has 0 radical (unpaired) electrons. The van der Waals surface area contributed by atoms with Gasteiger partial charge in [0, 0.05) is 40.1 Å². The summed E-state index contributed by atoms with van der Waals surface area (Å²) in [5.74, 6) is 0.406. The van der Waals surface area contributed by atoms with Crippen LogP contribution in [0.15, 0.2) is 6.20 Å². The third-order valence-electron chi connectivity index (χ3n) is 3.64.